The van der Waals surface area contributed by atoms with Gasteiger partial charge in [0.2, 0.25) is 6.41 Å². The van der Waals surface area contributed by atoms with Gasteiger partial charge in [-0.1, -0.05) is 6.58 Å². The van der Waals surface area contributed by atoms with Gasteiger partial charge in [-0.15, -0.1) is 0 Å². The van der Waals surface area contributed by atoms with Crippen LogP contribution in [0.5, 0.6) is 0 Å². The molecule has 18 heavy (non-hydrogen) atoms. The number of pyridine rings is 1. The van der Waals surface area contributed by atoms with Crippen molar-refractivity contribution in [3.05, 3.63) is 42.7 Å². The Morgan fingerprint density at radius 1 is 1.67 bits per heavy atom. The predicted octanol–water partition coefficient (Wildman–Crippen LogP) is 0.852. The van der Waals surface area contributed by atoms with Crippen molar-refractivity contribution >= 4 is 17.8 Å². The first-order valence-electron chi connectivity index (χ1n) is 5.28. The summed E-state index contributed by atoms with van der Waals surface area (Å²) >= 11 is 0. The summed E-state index contributed by atoms with van der Waals surface area (Å²) in [5.74, 6) is 4.89. The molecule has 0 saturated carbocycles. The molecule has 0 aromatic carbocycles. The molecule has 6 heteroatoms. The zero-order valence-corrected chi connectivity index (χ0v) is 10.2. The highest BCUT2D eigenvalue weighted by molar-refractivity contribution is 5.70. The van der Waals surface area contributed by atoms with Gasteiger partial charge in [-0.05, 0) is 25.1 Å². The van der Waals surface area contributed by atoms with Gasteiger partial charge in [0, 0.05) is 18.1 Å². The molecule has 3 N–H and O–H groups in total. The first-order valence-corrected chi connectivity index (χ1v) is 5.28. The molecular formula is C12H16N4O2. The van der Waals surface area contributed by atoms with Crippen molar-refractivity contribution in [3.8, 4) is 0 Å². The normalized spacial score (nSPS) is 11.8. The second-order valence-electron chi connectivity index (χ2n) is 3.49. The standard InChI is InChI=1S/C12H16N4O2/c1-10(2)16-8-11(15-9-17)4-5-12(16)14-6-3-7-18-13/h3-6,8-9H,1,7,13H2,2H3,(H,15,17)/b6-3+,14-12?. The average Bonchev–Trinajstić information content (AvgIpc) is 2.36. The summed E-state index contributed by atoms with van der Waals surface area (Å²) in [6, 6.07) is 3.52. The molecule has 0 aliphatic heterocycles. The van der Waals surface area contributed by atoms with E-state index in [0.717, 1.165) is 5.70 Å². The van der Waals surface area contributed by atoms with Crippen LogP contribution < -0.4 is 16.7 Å². The van der Waals surface area contributed by atoms with Gasteiger partial charge in [-0.25, -0.2) is 10.9 Å². The minimum absolute atomic E-state index is 0.293. The van der Waals surface area contributed by atoms with E-state index in [9.17, 15) is 4.79 Å². The number of aromatic nitrogens is 1. The maximum Gasteiger partial charge on any atom is 0.211 e. The van der Waals surface area contributed by atoms with Crippen molar-refractivity contribution in [2.45, 2.75) is 6.92 Å². The van der Waals surface area contributed by atoms with Crippen LogP contribution >= 0.6 is 0 Å². The summed E-state index contributed by atoms with van der Waals surface area (Å²) < 4.78 is 1.76. The summed E-state index contributed by atoms with van der Waals surface area (Å²) in [5, 5.41) is 2.57. The summed E-state index contributed by atoms with van der Waals surface area (Å²) in [5.41, 5.74) is 2.14. The van der Waals surface area contributed by atoms with Crippen LogP contribution in [0.15, 0.2) is 42.2 Å². The molecule has 1 amide bonds. The molecule has 0 atom stereocenters. The van der Waals surface area contributed by atoms with E-state index in [0.29, 0.717) is 24.2 Å². The molecule has 1 aromatic heterocycles. The summed E-state index contributed by atoms with van der Waals surface area (Å²) in [6.45, 7) is 5.99. The molecule has 0 spiro atoms. The number of amides is 1. The Hall–Kier alpha value is -2.18. The van der Waals surface area contributed by atoms with Crippen molar-refractivity contribution in [3.63, 3.8) is 0 Å². The molecule has 0 unspecified atom stereocenters. The monoisotopic (exact) mass is 248 g/mol. The fourth-order valence-electron chi connectivity index (χ4n) is 1.28. The number of anilines is 1. The van der Waals surface area contributed by atoms with Crippen molar-refractivity contribution < 1.29 is 9.63 Å². The first kappa shape index (κ1) is 13.9. The minimum Gasteiger partial charge on any atom is -0.327 e. The smallest absolute Gasteiger partial charge is 0.211 e. The van der Waals surface area contributed by atoms with E-state index < -0.39 is 0 Å². The van der Waals surface area contributed by atoms with Gasteiger partial charge in [0.25, 0.3) is 0 Å². The fraction of sp³-hybridized carbons (Fsp3) is 0.167. The highest BCUT2D eigenvalue weighted by Gasteiger charge is 1.96. The summed E-state index contributed by atoms with van der Waals surface area (Å²) in [6.07, 6.45) is 5.63. The van der Waals surface area contributed by atoms with Crippen molar-refractivity contribution in [2.75, 3.05) is 11.9 Å². The molecular weight excluding hydrogens is 232 g/mol. The molecule has 0 saturated heterocycles. The average molecular weight is 248 g/mol. The molecule has 96 valence electrons. The quantitative estimate of drug-likeness (QED) is 0.578. The predicted molar refractivity (Wildman–Crippen MR) is 70.0 cm³/mol. The molecule has 0 fully saturated rings. The van der Waals surface area contributed by atoms with Crippen LogP contribution in [-0.4, -0.2) is 17.6 Å². The van der Waals surface area contributed by atoms with Crippen LogP contribution in [0.1, 0.15) is 6.92 Å². The van der Waals surface area contributed by atoms with Crippen LogP contribution in [0, 0.1) is 0 Å². The highest BCUT2D eigenvalue weighted by Crippen LogP contribution is 2.05. The van der Waals surface area contributed by atoms with Crippen molar-refractivity contribution in [1.29, 1.82) is 0 Å². The Morgan fingerprint density at radius 3 is 3.06 bits per heavy atom. The zero-order valence-electron chi connectivity index (χ0n) is 10.2. The molecule has 0 radical (unpaired) electrons. The maximum absolute atomic E-state index is 10.4. The van der Waals surface area contributed by atoms with E-state index in [1.54, 1.807) is 35.2 Å². The van der Waals surface area contributed by atoms with Gasteiger partial charge in [0.1, 0.15) is 5.49 Å². The topological polar surface area (TPSA) is 81.6 Å². The van der Waals surface area contributed by atoms with Gasteiger partial charge in [-0.3, -0.25) is 4.79 Å². The van der Waals surface area contributed by atoms with Gasteiger partial charge in [0.05, 0.1) is 12.3 Å². The lowest BCUT2D eigenvalue weighted by molar-refractivity contribution is -0.105. The second kappa shape index (κ2) is 7.21. The Kier molecular flexibility index (Phi) is 5.56. The highest BCUT2D eigenvalue weighted by atomic mass is 16.6. The number of nitrogens with two attached hydrogens (primary N) is 1. The molecule has 0 aliphatic rings. The van der Waals surface area contributed by atoms with Crippen molar-refractivity contribution in [1.82, 2.24) is 4.57 Å². The van der Waals surface area contributed by atoms with E-state index in [4.69, 9.17) is 5.90 Å². The third-order valence-corrected chi connectivity index (χ3v) is 2.07. The number of carbonyl (C=O) groups is 1. The second-order valence-corrected chi connectivity index (χ2v) is 3.49. The van der Waals surface area contributed by atoms with Crippen LogP contribution in [0.2, 0.25) is 0 Å². The van der Waals surface area contributed by atoms with Crippen LogP contribution in [0.3, 0.4) is 0 Å². The number of hydrogen-bond acceptors (Lipinski definition) is 4. The van der Waals surface area contributed by atoms with E-state index in [2.05, 4.69) is 21.7 Å². The van der Waals surface area contributed by atoms with Crippen molar-refractivity contribution in [2.24, 2.45) is 10.9 Å². The summed E-state index contributed by atoms with van der Waals surface area (Å²) in [7, 11) is 0. The zero-order chi connectivity index (χ0) is 13.4. The molecule has 1 rings (SSSR count). The van der Waals surface area contributed by atoms with Gasteiger partial charge >= 0.3 is 0 Å². The fourth-order valence-corrected chi connectivity index (χ4v) is 1.28. The Balaban J connectivity index is 3.11. The molecule has 0 bridgehead atoms. The van der Waals surface area contributed by atoms with E-state index in [1.165, 1.54) is 0 Å². The van der Waals surface area contributed by atoms with E-state index >= 15 is 0 Å². The minimum atomic E-state index is 0.293. The van der Waals surface area contributed by atoms with E-state index in [1.807, 2.05) is 6.92 Å². The molecule has 1 heterocycles. The lowest BCUT2D eigenvalue weighted by Crippen LogP contribution is -2.18. The van der Waals surface area contributed by atoms with Crippen LogP contribution in [0.4, 0.5) is 5.69 Å². The Morgan fingerprint density at radius 2 is 2.44 bits per heavy atom. The molecule has 6 nitrogen and oxygen atoms in total. The van der Waals surface area contributed by atoms with Gasteiger partial charge in [-0.2, -0.15) is 0 Å². The van der Waals surface area contributed by atoms with Gasteiger partial charge in [0.15, 0.2) is 0 Å². The lowest BCUT2D eigenvalue weighted by Gasteiger charge is -2.08. The number of nitrogens with zero attached hydrogens (tertiary/aromatic N) is 2. The Bertz CT molecular complexity index is 517. The summed E-state index contributed by atoms with van der Waals surface area (Å²) in [4.78, 5) is 19.0. The van der Waals surface area contributed by atoms with Gasteiger partial charge < -0.3 is 14.7 Å². The van der Waals surface area contributed by atoms with E-state index in [-0.39, 0.29) is 0 Å². The number of nitrogens with one attached hydrogen (secondary N) is 1. The number of rotatable bonds is 6. The first-order chi connectivity index (χ1) is 8.69. The lowest BCUT2D eigenvalue weighted by atomic mass is 10.4. The largest absolute Gasteiger partial charge is 0.327 e. The Labute approximate surface area is 105 Å². The van der Waals surface area contributed by atoms with Crippen LogP contribution in [0.25, 0.3) is 5.70 Å². The maximum atomic E-state index is 10.4. The third-order valence-electron chi connectivity index (χ3n) is 2.07. The number of carbonyl (C=O) groups excluding carboxylic acids is 1. The molecule has 0 aliphatic carbocycles. The molecule has 1 aromatic rings. The number of allylic oxidation sites excluding steroid dienone is 1. The SMILES string of the molecule is C=C(C)n1cc(NC=O)ccc1=N/C=C/CON. The third kappa shape index (κ3) is 4.00. The van der Waals surface area contributed by atoms with Crippen LogP contribution in [-0.2, 0) is 9.63 Å². The number of hydrogen-bond donors (Lipinski definition) is 2.